The van der Waals surface area contributed by atoms with Crippen molar-refractivity contribution in [2.75, 3.05) is 30.8 Å². The number of benzene rings is 2. The molecule has 1 atom stereocenters. The van der Waals surface area contributed by atoms with Crippen LogP contribution in [0.4, 0.5) is 11.4 Å². The molecule has 4 heteroatoms. The van der Waals surface area contributed by atoms with Crippen LogP contribution in [0.25, 0.3) is 6.08 Å². The highest BCUT2D eigenvalue weighted by Crippen LogP contribution is 2.38. The molecule has 2 N–H and O–H groups in total. The Morgan fingerprint density at radius 3 is 2.59 bits per heavy atom. The van der Waals surface area contributed by atoms with Crippen LogP contribution >= 0.6 is 15.9 Å². The number of allylic oxidation sites excluding steroid dienone is 1. The van der Waals surface area contributed by atoms with Gasteiger partial charge < -0.3 is 15.4 Å². The molecule has 0 radical (unpaired) electrons. The van der Waals surface area contributed by atoms with E-state index in [4.69, 9.17) is 4.74 Å². The summed E-state index contributed by atoms with van der Waals surface area (Å²) in [5, 5.41) is 6.81. The molecule has 0 saturated heterocycles. The van der Waals surface area contributed by atoms with Crippen molar-refractivity contribution in [3.8, 4) is 5.75 Å². The van der Waals surface area contributed by atoms with Crippen molar-refractivity contribution >= 4 is 33.4 Å². The average Bonchev–Trinajstić information content (AvgIpc) is 2.73. The van der Waals surface area contributed by atoms with Gasteiger partial charge in [0.25, 0.3) is 0 Å². The maximum Gasteiger partial charge on any atom is 0.128 e. The van der Waals surface area contributed by atoms with Crippen LogP contribution in [0.2, 0.25) is 0 Å². The second-order valence-electron chi connectivity index (χ2n) is 7.37. The van der Waals surface area contributed by atoms with Gasteiger partial charge in [-0.3, -0.25) is 0 Å². The average molecular weight is 457 g/mol. The molecule has 2 aromatic rings. The van der Waals surface area contributed by atoms with Crippen LogP contribution in [0.3, 0.4) is 0 Å². The van der Waals surface area contributed by atoms with Crippen LogP contribution in [0.1, 0.15) is 44.7 Å². The minimum atomic E-state index is 0.0146. The maximum atomic E-state index is 5.59. The lowest BCUT2D eigenvalue weighted by Gasteiger charge is -2.30. The molecule has 0 saturated carbocycles. The van der Waals surface area contributed by atoms with Crippen LogP contribution < -0.4 is 15.4 Å². The molecule has 0 spiro atoms. The summed E-state index contributed by atoms with van der Waals surface area (Å²) in [6, 6.07) is 12.7. The molecule has 2 rings (SSSR count). The van der Waals surface area contributed by atoms with E-state index in [0.29, 0.717) is 0 Å². The number of anilines is 2. The topological polar surface area (TPSA) is 33.3 Å². The van der Waals surface area contributed by atoms with Crippen LogP contribution in [0, 0.1) is 0 Å². The van der Waals surface area contributed by atoms with Crippen molar-refractivity contribution in [2.24, 2.45) is 0 Å². The number of hydrogen-bond donors (Lipinski definition) is 2. The van der Waals surface area contributed by atoms with Crippen LogP contribution in [-0.2, 0) is 5.41 Å². The summed E-state index contributed by atoms with van der Waals surface area (Å²) in [6.45, 7) is 12.1. The summed E-state index contributed by atoms with van der Waals surface area (Å²) in [5.41, 5.74) is 4.66. The predicted octanol–water partition coefficient (Wildman–Crippen LogP) is 7.26. The van der Waals surface area contributed by atoms with Gasteiger partial charge in [-0.15, -0.1) is 6.58 Å². The standard InChI is InChI=1S/C25H33BrN2O/c1-6-16-28-23-14-12-20(26)17-22(23)25(4,7-2)15-9-10-19-11-13-21(27-8-3)18-24(19)29-5/h6,9-14,17-18,27-28H,1,7-8,15-16H2,2-5H3/b10-9+. The van der Waals surface area contributed by atoms with E-state index in [1.807, 2.05) is 12.1 Å². The summed E-state index contributed by atoms with van der Waals surface area (Å²) in [5.74, 6) is 0.883. The normalized spacial score (nSPS) is 13.1. The van der Waals surface area contributed by atoms with E-state index in [-0.39, 0.29) is 5.41 Å². The second-order valence-corrected chi connectivity index (χ2v) is 8.28. The number of hydrogen-bond acceptors (Lipinski definition) is 3. The summed E-state index contributed by atoms with van der Waals surface area (Å²) in [7, 11) is 1.72. The highest BCUT2D eigenvalue weighted by molar-refractivity contribution is 9.10. The lowest BCUT2D eigenvalue weighted by atomic mass is 9.76. The first-order chi connectivity index (χ1) is 14.0. The van der Waals surface area contributed by atoms with Crippen molar-refractivity contribution in [3.63, 3.8) is 0 Å². The monoisotopic (exact) mass is 456 g/mol. The zero-order valence-electron chi connectivity index (χ0n) is 18.0. The summed E-state index contributed by atoms with van der Waals surface area (Å²) in [6.07, 6.45) is 8.27. The number of nitrogens with one attached hydrogen (secondary N) is 2. The predicted molar refractivity (Wildman–Crippen MR) is 131 cm³/mol. The first-order valence-electron chi connectivity index (χ1n) is 10.2. The first kappa shape index (κ1) is 23.1. The van der Waals surface area contributed by atoms with Crippen LogP contribution in [0.5, 0.6) is 5.75 Å². The van der Waals surface area contributed by atoms with Gasteiger partial charge >= 0.3 is 0 Å². The molecule has 29 heavy (non-hydrogen) atoms. The molecule has 156 valence electrons. The molecule has 0 heterocycles. The molecular formula is C25H33BrN2O. The van der Waals surface area contributed by atoms with Crippen LogP contribution in [0.15, 0.2) is 59.6 Å². The van der Waals surface area contributed by atoms with E-state index in [1.165, 1.54) is 11.3 Å². The van der Waals surface area contributed by atoms with E-state index in [2.05, 4.69) is 96.4 Å². The molecule has 0 fully saturated rings. The maximum absolute atomic E-state index is 5.59. The van der Waals surface area contributed by atoms with Gasteiger partial charge in [-0.1, -0.05) is 48.0 Å². The van der Waals surface area contributed by atoms with Crippen molar-refractivity contribution in [1.82, 2.24) is 0 Å². The van der Waals surface area contributed by atoms with Gasteiger partial charge in [0.05, 0.1) is 7.11 Å². The van der Waals surface area contributed by atoms with E-state index in [0.717, 1.165) is 47.4 Å². The fourth-order valence-corrected chi connectivity index (χ4v) is 3.77. The van der Waals surface area contributed by atoms with Gasteiger partial charge in [-0.05, 0) is 61.1 Å². The zero-order valence-corrected chi connectivity index (χ0v) is 19.6. The lowest BCUT2D eigenvalue weighted by molar-refractivity contribution is 0.414. The fraction of sp³-hybridized carbons (Fsp3) is 0.360. The smallest absolute Gasteiger partial charge is 0.128 e. The highest BCUT2D eigenvalue weighted by atomic mass is 79.9. The Balaban J connectivity index is 2.27. The summed E-state index contributed by atoms with van der Waals surface area (Å²) < 4.78 is 6.69. The molecule has 1 unspecified atom stereocenters. The van der Waals surface area contributed by atoms with E-state index >= 15 is 0 Å². The minimum Gasteiger partial charge on any atom is -0.496 e. The zero-order chi connectivity index (χ0) is 21.3. The largest absolute Gasteiger partial charge is 0.496 e. The first-order valence-corrected chi connectivity index (χ1v) is 11.0. The summed E-state index contributed by atoms with van der Waals surface area (Å²) in [4.78, 5) is 0. The Morgan fingerprint density at radius 2 is 1.93 bits per heavy atom. The van der Waals surface area contributed by atoms with Crippen molar-refractivity contribution in [3.05, 3.63) is 70.7 Å². The Kier molecular flexibility index (Phi) is 8.84. The molecule has 0 aliphatic rings. The van der Waals surface area contributed by atoms with E-state index in [9.17, 15) is 0 Å². The van der Waals surface area contributed by atoms with Gasteiger partial charge in [0.2, 0.25) is 0 Å². The van der Waals surface area contributed by atoms with Crippen molar-refractivity contribution in [1.29, 1.82) is 0 Å². The van der Waals surface area contributed by atoms with Crippen LogP contribution in [-0.4, -0.2) is 20.2 Å². The number of ether oxygens (including phenoxy) is 1. The molecule has 0 aromatic heterocycles. The number of halogens is 1. The highest BCUT2D eigenvalue weighted by Gasteiger charge is 2.26. The Morgan fingerprint density at radius 1 is 1.14 bits per heavy atom. The molecule has 2 aromatic carbocycles. The quantitative estimate of drug-likeness (QED) is 0.349. The molecule has 0 amide bonds. The van der Waals surface area contributed by atoms with E-state index in [1.54, 1.807) is 7.11 Å². The molecule has 3 nitrogen and oxygen atoms in total. The molecular weight excluding hydrogens is 424 g/mol. The van der Waals surface area contributed by atoms with Gasteiger partial charge in [0, 0.05) is 40.6 Å². The Labute approximate surface area is 184 Å². The van der Waals surface area contributed by atoms with Gasteiger partial charge in [-0.2, -0.15) is 0 Å². The van der Waals surface area contributed by atoms with Crippen molar-refractivity contribution in [2.45, 2.75) is 39.0 Å². The second kappa shape index (κ2) is 11.1. The third-order valence-electron chi connectivity index (χ3n) is 5.33. The Bertz CT molecular complexity index is 847. The van der Waals surface area contributed by atoms with Gasteiger partial charge in [0.1, 0.15) is 5.75 Å². The number of rotatable bonds is 11. The third-order valence-corrected chi connectivity index (χ3v) is 5.82. The summed E-state index contributed by atoms with van der Waals surface area (Å²) >= 11 is 3.64. The molecule has 0 bridgehead atoms. The van der Waals surface area contributed by atoms with E-state index < -0.39 is 0 Å². The number of methoxy groups -OCH3 is 1. The SMILES string of the molecule is C=CCNc1ccc(Br)cc1C(C)(CC)C/C=C/c1ccc(NCC)cc1OC. The molecule has 0 aliphatic carbocycles. The fourth-order valence-electron chi connectivity index (χ4n) is 3.41. The Hall–Kier alpha value is -2.20. The van der Waals surface area contributed by atoms with Gasteiger partial charge in [-0.25, -0.2) is 0 Å². The molecule has 0 aliphatic heterocycles. The van der Waals surface area contributed by atoms with Crippen molar-refractivity contribution < 1.29 is 4.74 Å². The third kappa shape index (κ3) is 6.14. The minimum absolute atomic E-state index is 0.0146. The lowest BCUT2D eigenvalue weighted by Crippen LogP contribution is -2.22. The van der Waals surface area contributed by atoms with Gasteiger partial charge in [0.15, 0.2) is 0 Å².